The zero-order valence-corrected chi connectivity index (χ0v) is 15.1. The molecular weight excluding hydrogens is 365 g/mol. The first-order valence-corrected chi connectivity index (χ1v) is 8.42. The number of likely N-dealkylation sites (tertiary alicyclic amines) is 1. The molecule has 27 heavy (non-hydrogen) atoms. The Morgan fingerprint density at radius 2 is 2.04 bits per heavy atom. The summed E-state index contributed by atoms with van der Waals surface area (Å²) in [6, 6.07) is 0.294. The highest BCUT2D eigenvalue weighted by Crippen LogP contribution is 2.36. The molecule has 146 valence electrons. The highest BCUT2D eigenvalue weighted by molar-refractivity contribution is 5.87. The van der Waals surface area contributed by atoms with Gasteiger partial charge in [0.2, 0.25) is 5.91 Å². The number of pyridine rings is 1. The number of carbonyl (C=O) groups excluding carboxylic acids is 2. The van der Waals surface area contributed by atoms with Crippen molar-refractivity contribution in [3.8, 4) is 0 Å². The van der Waals surface area contributed by atoms with Gasteiger partial charge in [0.1, 0.15) is 12.6 Å². The number of aryl methyl sites for hydroxylation is 2. The number of halogens is 3. The minimum atomic E-state index is -4.56. The number of rotatable bonds is 3. The largest absolute Gasteiger partial charge is 0.467 e. The first-order valence-electron chi connectivity index (χ1n) is 8.42. The third-order valence-electron chi connectivity index (χ3n) is 4.64. The first kappa shape index (κ1) is 19.1. The summed E-state index contributed by atoms with van der Waals surface area (Å²) >= 11 is 0. The first-order chi connectivity index (χ1) is 12.6. The van der Waals surface area contributed by atoms with Crippen molar-refractivity contribution in [1.82, 2.24) is 19.7 Å². The van der Waals surface area contributed by atoms with E-state index in [1.807, 2.05) is 0 Å². The van der Waals surface area contributed by atoms with Gasteiger partial charge in [-0.25, -0.2) is 14.5 Å². The predicted octanol–water partition coefficient (Wildman–Crippen LogP) is 2.23. The number of alkyl halides is 3. The van der Waals surface area contributed by atoms with E-state index in [1.165, 1.54) is 30.5 Å². The smallest absolute Gasteiger partial charge is 0.417 e. The van der Waals surface area contributed by atoms with Crippen molar-refractivity contribution in [1.29, 1.82) is 0 Å². The van der Waals surface area contributed by atoms with Gasteiger partial charge in [-0.2, -0.15) is 18.3 Å². The summed E-state index contributed by atoms with van der Waals surface area (Å²) in [5.74, 6) is -0.917. The fraction of sp³-hybridized carbons (Fsp3) is 0.529. The van der Waals surface area contributed by atoms with Crippen LogP contribution in [0, 0.1) is 13.8 Å². The Bertz CT molecular complexity index is 907. The molecule has 1 aliphatic heterocycles. The summed E-state index contributed by atoms with van der Waals surface area (Å²) in [4.78, 5) is 30.0. The Morgan fingerprint density at radius 1 is 1.33 bits per heavy atom. The van der Waals surface area contributed by atoms with Gasteiger partial charge < -0.3 is 9.64 Å². The van der Waals surface area contributed by atoms with Gasteiger partial charge in [0.15, 0.2) is 5.65 Å². The number of ether oxygens (including phenoxy) is 1. The molecule has 1 aliphatic rings. The number of hydrogen-bond acceptors (Lipinski definition) is 5. The van der Waals surface area contributed by atoms with E-state index in [-0.39, 0.29) is 29.0 Å². The minimum absolute atomic E-state index is 0.00184. The molecule has 1 fully saturated rings. The maximum atomic E-state index is 13.4. The van der Waals surface area contributed by atoms with Crippen molar-refractivity contribution in [2.75, 3.05) is 13.7 Å². The lowest BCUT2D eigenvalue weighted by Crippen LogP contribution is -2.42. The summed E-state index contributed by atoms with van der Waals surface area (Å²) in [5.41, 5.74) is -0.502. The molecule has 3 heterocycles. The summed E-state index contributed by atoms with van der Waals surface area (Å²) in [7, 11) is 1.25. The molecule has 1 unspecified atom stereocenters. The topological polar surface area (TPSA) is 77.3 Å². The standard InChI is InChI=1S/C17H19F3N4O3/c1-9-7-11(17(18,19)20)14-10(2)22-24(15(14)21-9)8-13(25)23-6-4-5-12(23)16(26)27-3/h7,12H,4-6,8H2,1-3H3. The second-order valence-electron chi connectivity index (χ2n) is 6.52. The van der Waals surface area contributed by atoms with E-state index < -0.39 is 29.7 Å². The highest BCUT2D eigenvalue weighted by atomic mass is 19.4. The molecule has 0 aliphatic carbocycles. The van der Waals surface area contributed by atoms with Crippen LogP contribution in [0.2, 0.25) is 0 Å². The molecule has 1 atom stereocenters. The average Bonchev–Trinajstić information content (AvgIpc) is 3.18. The Balaban J connectivity index is 1.97. The van der Waals surface area contributed by atoms with E-state index in [9.17, 15) is 22.8 Å². The number of amides is 1. The molecule has 1 amide bonds. The van der Waals surface area contributed by atoms with Gasteiger partial charge in [0.25, 0.3) is 0 Å². The fourth-order valence-electron chi connectivity index (χ4n) is 3.48. The molecule has 0 aromatic carbocycles. The molecular formula is C17H19F3N4O3. The molecule has 2 aromatic rings. The van der Waals surface area contributed by atoms with Gasteiger partial charge in [0.05, 0.1) is 23.8 Å². The normalized spacial score (nSPS) is 17.6. The van der Waals surface area contributed by atoms with E-state index in [4.69, 9.17) is 4.74 Å². The lowest BCUT2D eigenvalue weighted by atomic mass is 10.1. The summed E-state index contributed by atoms with van der Waals surface area (Å²) in [5, 5.41) is 3.98. The van der Waals surface area contributed by atoms with Crippen LogP contribution in [0.15, 0.2) is 6.07 Å². The van der Waals surface area contributed by atoms with Gasteiger partial charge >= 0.3 is 12.1 Å². The zero-order valence-electron chi connectivity index (χ0n) is 15.1. The Hall–Kier alpha value is -2.65. The summed E-state index contributed by atoms with van der Waals surface area (Å²) in [6.07, 6.45) is -3.41. The highest BCUT2D eigenvalue weighted by Gasteiger charge is 2.37. The quantitative estimate of drug-likeness (QED) is 0.759. The Morgan fingerprint density at radius 3 is 2.67 bits per heavy atom. The van der Waals surface area contributed by atoms with E-state index >= 15 is 0 Å². The van der Waals surface area contributed by atoms with Crippen molar-refractivity contribution in [2.45, 2.75) is 45.5 Å². The van der Waals surface area contributed by atoms with Gasteiger partial charge in [-0.05, 0) is 32.8 Å². The van der Waals surface area contributed by atoms with Crippen molar-refractivity contribution in [3.05, 3.63) is 23.0 Å². The molecule has 0 saturated carbocycles. The summed E-state index contributed by atoms with van der Waals surface area (Å²) < 4.78 is 46.0. The molecule has 10 heteroatoms. The third-order valence-corrected chi connectivity index (χ3v) is 4.64. The van der Waals surface area contributed by atoms with Crippen LogP contribution in [0.25, 0.3) is 11.0 Å². The second-order valence-corrected chi connectivity index (χ2v) is 6.52. The molecule has 7 nitrogen and oxygen atoms in total. The van der Waals surface area contributed by atoms with Crippen molar-refractivity contribution < 1.29 is 27.5 Å². The van der Waals surface area contributed by atoms with Crippen LogP contribution in [0.3, 0.4) is 0 Å². The van der Waals surface area contributed by atoms with Crippen LogP contribution in [-0.4, -0.2) is 51.2 Å². The van der Waals surface area contributed by atoms with Crippen LogP contribution in [-0.2, 0) is 27.0 Å². The lowest BCUT2D eigenvalue weighted by Gasteiger charge is -2.22. The second kappa shape index (κ2) is 6.82. The number of nitrogens with zero attached hydrogens (tertiary/aromatic N) is 4. The molecule has 0 radical (unpaired) electrons. The van der Waals surface area contributed by atoms with Crippen LogP contribution in [0.5, 0.6) is 0 Å². The molecule has 1 saturated heterocycles. The molecule has 0 spiro atoms. The van der Waals surface area contributed by atoms with Crippen LogP contribution < -0.4 is 0 Å². The van der Waals surface area contributed by atoms with Crippen molar-refractivity contribution in [2.24, 2.45) is 0 Å². The molecule has 0 bridgehead atoms. The average molecular weight is 384 g/mol. The zero-order chi connectivity index (χ0) is 19.9. The monoisotopic (exact) mass is 384 g/mol. The van der Waals surface area contributed by atoms with Gasteiger partial charge in [-0.15, -0.1) is 0 Å². The maximum absolute atomic E-state index is 13.4. The van der Waals surface area contributed by atoms with Crippen molar-refractivity contribution in [3.63, 3.8) is 0 Å². The van der Waals surface area contributed by atoms with Crippen LogP contribution in [0.4, 0.5) is 13.2 Å². The lowest BCUT2D eigenvalue weighted by molar-refractivity contribution is -0.151. The van der Waals surface area contributed by atoms with Crippen LogP contribution >= 0.6 is 0 Å². The number of fused-ring (bicyclic) bond motifs is 1. The van der Waals surface area contributed by atoms with Crippen LogP contribution in [0.1, 0.15) is 29.8 Å². The van der Waals surface area contributed by atoms with Gasteiger partial charge in [-0.3, -0.25) is 4.79 Å². The van der Waals surface area contributed by atoms with Gasteiger partial charge in [0, 0.05) is 12.2 Å². The molecule has 0 N–H and O–H groups in total. The number of aromatic nitrogens is 3. The maximum Gasteiger partial charge on any atom is 0.417 e. The third kappa shape index (κ3) is 3.47. The van der Waals surface area contributed by atoms with E-state index in [0.29, 0.717) is 19.4 Å². The summed E-state index contributed by atoms with van der Waals surface area (Å²) in [6.45, 7) is 2.99. The Labute approximate surface area is 153 Å². The van der Waals surface area contributed by atoms with E-state index in [2.05, 4.69) is 10.1 Å². The number of methoxy groups -OCH3 is 1. The molecule has 2 aromatic heterocycles. The number of esters is 1. The number of carbonyl (C=O) groups is 2. The number of hydrogen-bond donors (Lipinski definition) is 0. The van der Waals surface area contributed by atoms with Gasteiger partial charge in [-0.1, -0.05) is 0 Å². The molecule has 3 rings (SSSR count). The minimum Gasteiger partial charge on any atom is -0.467 e. The van der Waals surface area contributed by atoms with E-state index in [0.717, 1.165) is 6.07 Å². The van der Waals surface area contributed by atoms with Crippen molar-refractivity contribution >= 4 is 22.9 Å². The predicted molar refractivity (Wildman–Crippen MR) is 88.8 cm³/mol. The Kier molecular flexibility index (Phi) is 4.83. The van der Waals surface area contributed by atoms with E-state index in [1.54, 1.807) is 0 Å². The SMILES string of the molecule is COC(=O)C1CCCN1C(=O)Cn1nc(C)c2c(C(F)(F)F)cc(C)nc21. The fourth-order valence-corrected chi connectivity index (χ4v) is 3.48.